The van der Waals surface area contributed by atoms with Crippen LogP contribution in [0.4, 0.5) is 10.1 Å². The molecule has 34 heavy (non-hydrogen) atoms. The number of carbonyl (C=O) groups excluding carboxylic acids is 2. The summed E-state index contributed by atoms with van der Waals surface area (Å²) in [4.78, 5) is 27.4. The van der Waals surface area contributed by atoms with E-state index < -0.39 is 46.2 Å². The van der Waals surface area contributed by atoms with Crippen LogP contribution in [-0.4, -0.2) is 32.8 Å². The van der Waals surface area contributed by atoms with E-state index in [0.29, 0.717) is 5.76 Å². The number of halogens is 1. The largest absolute Gasteiger partial charge is 0.467 e. The molecule has 8 nitrogen and oxygen atoms in total. The Hall–Kier alpha value is -3.50. The molecule has 1 atom stereocenters. The smallest absolute Gasteiger partial charge is 0.243 e. The molecule has 0 fully saturated rings. The Balaban J connectivity index is 1.88. The second-order valence-corrected chi connectivity index (χ2v) is 9.61. The number of para-hydroxylation sites is 1. The predicted octanol–water partition coefficient (Wildman–Crippen LogP) is 3.07. The fourth-order valence-corrected chi connectivity index (χ4v) is 4.42. The van der Waals surface area contributed by atoms with Gasteiger partial charge in [0, 0.05) is 0 Å². The van der Waals surface area contributed by atoms with Crippen molar-refractivity contribution in [2.75, 3.05) is 11.4 Å². The lowest BCUT2D eigenvalue weighted by Crippen LogP contribution is -2.55. The average Bonchev–Trinajstić information content (AvgIpc) is 3.34. The van der Waals surface area contributed by atoms with Crippen LogP contribution in [0.25, 0.3) is 0 Å². The standard InChI is InChI=1S/C24H26FN3O5S/c1-17(2)23(24(30)26-15-18-9-8-14-33-18)28(21-13-7-6-12-20(21)25)22(29)16-27-34(31,32)19-10-4-3-5-11-19/h3-14,17,23,27H,15-16H2,1-2H3,(H,26,30). The minimum Gasteiger partial charge on any atom is -0.467 e. The van der Waals surface area contributed by atoms with Crippen molar-refractivity contribution in [3.8, 4) is 0 Å². The monoisotopic (exact) mass is 487 g/mol. The molecule has 2 N–H and O–H groups in total. The number of rotatable bonds is 10. The molecule has 0 saturated heterocycles. The van der Waals surface area contributed by atoms with Crippen LogP contribution in [-0.2, 0) is 26.2 Å². The Morgan fingerprint density at radius 2 is 1.68 bits per heavy atom. The first-order valence-corrected chi connectivity index (χ1v) is 12.1. The van der Waals surface area contributed by atoms with Crippen molar-refractivity contribution in [3.63, 3.8) is 0 Å². The summed E-state index contributed by atoms with van der Waals surface area (Å²) in [6.45, 7) is 2.84. The van der Waals surface area contributed by atoms with Gasteiger partial charge in [0.2, 0.25) is 21.8 Å². The molecule has 180 valence electrons. The summed E-state index contributed by atoms with van der Waals surface area (Å²) in [6, 6.07) is 15.3. The fraction of sp³-hybridized carbons (Fsp3) is 0.250. The fourth-order valence-electron chi connectivity index (χ4n) is 3.42. The van der Waals surface area contributed by atoms with Crippen LogP contribution in [0.3, 0.4) is 0 Å². The zero-order chi connectivity index (χ0) is 24.7. The lowest BCUT2D eigenvalue weighted by atomic mass is 10.00. The molecule has 0 aliphatic rings. The van der Waals surface area contributed by atoms with Gasteiger partial charge >= 0.3 is 0 Å². The molecule has 0 saturated carbocycles. The molecule has 3 rings (SSSR count). The van der Waals surface area contributed by atoms with Crippen molar-refractivity contribution in [2.24, 2.45) is 5.92 Å². The third kappa shape index (κ3) is 6.09. The molecular formula is C24H26FN3O5S. The van der Waals surface area contributed by atoms with Gasteiger partial charge in [-0.3, -0.25) is 14.5 Å². The number of benzene rings is 2. The first-order valence-electron chi connectivity index (χ1n) is 10.6. The van der Waals surface area contributed by atoms with Crippen molar-refractivity contribution in [2.45, 2.75) is 31.3 Å². The number of nitrogens with one attached hydrogen (secondary N) is 2. The highest BCUT2D eigenvalue weighted by Crippen LogP contribution is 2.25. The second-order valence-electron chi connectivity index (χ2n) is 7.84. The van der Waals surface area contributed by atoms with Gasteiger partial charge in [0.15, 0.2) is 0 Å². The van der Waals surface area contributed by atoms with Crippen molar-refractivity contribution >= 4 is 27.5 Å². The highest BCUT2D eigenvalue weighted by Gasteiger charge is 2.35. The summed E-state index contributed by atoms with van der Waals surface area (Å²) in [6.07, 6.45) is 1.47. The number of nitrogens with zero attached hydrogens (tertiary/aromatic N) is 1. The van der Waals surface area contributed by atoms with Gasteiger partial charge in [-0.05, 0) is 42.3 Å². The Morgan fingerprint density at radius 3 is 2.29 bits per heavy atom. The highest BCUT2D eigenvalue weighted by atomic mass is 32.2. The molecule has 0 bridgehead atoms. The molecule has 1 heterocycles. The van der Waals surface area contributed by atoms with Gasteiger partial charge in [-0.15, -0.1) is 0 Å². The van der Waals surface area contributed by atoms with E-state index in [1.165, 1.54) is 42.7 Å². The van der Waals surface area contributed by atoms with Crippen LogP contribution in [0, 0.1) is 11.7 Å². The van der Waals surface area contributed by atoms with Gasteiger partial charge in [0.1, 0.15) is 17.6 Å². The van der Waals surface area contributed by atoms with Crippen LogP contribution < -0.4 is 14.9 Å². The number of anilines is 1. The van der Waals surface area contributed by atoms with E-state index in [0.717, 1.165) is 4.90 Å². The zero-order valence-electron chi connectivity index (χ0n) is 18.8. The van der Waals surface area contributed by atoms with Crippen molar-refractivity contribution in [1.82, 2.24) is 10.0 Å². The highest BCUT2D eigenvalue weighted by molar-refractivity contribution is 7.89. The Labute approximate surface area is 197 Å². The number of hydrogen-bond donors (Lipinski definition) is 2. The summed E-state index contributed by atoms with van der Waals surface area (Å²) in [5, 5.41) is 2.70. The van der Waals surface area contributed by atoms with Crippen molar-refractivity contribution in [1.29, 1.82) is 0 Å². The molecule has 2 aromatic carbocycles. The number of carbonyl (C=O) groups is 2. The molecule has 0 aliphatic carbocycles. The van der Waals surface area contributed by atoms with Crippen molar-refractivity contribution < 1.29 is 26.8 Å². The molecule has 2 amide bonds. The first-order chi connectivity index (χ1) is 16.2. The minimum atomic E-state index is -3.99. The van der Waals surface area contributed by atoms with E-state index >= 15 is 0 Å². The number of hydrogen-bond acceptors (Lipinski definition) is 5. The summed E-state index contributed by atoms with van der Waals surface area (Å²) in [5.74, 6) is -1.95. The topological polar surface area (TPSA) is 109 Å². The number of sulfonamides is 1. The summed E-state index contributed by atoms with van der Waals surface area (Å²) in [7, 11) is -3.99. The minimum absolute atomic E-state index is 0.0168. The van der Waals surface area contributed by atoms with Gasteiger partial charge in [-0.2, -0.15) is 0 Å². The predicted molar refractivity (Wildman–Crippen MR) is 125 cm³/mol. The third-order valence-electron chi connectivity index (χ3n) is 5.04. The molecular weight excluding hydrogens is 461 g/mol. The van der Waals surface area contributed by atoms with Gasteiger partial charge in [-0.25, -0.2) is 17.5 Å². The van der Waals surface area contributed by atoms with Gasteiger partial charge in [-0.1, -0.05) is 44.2 Å². The molecule has 1 unspecified atom stereocenters. The molecule has 0 aliphatic heterocycles. The molecule has 10 heteroatoms. The van der Waals surface area contributed by atoms with Gasteiger partial charge in [0.05, 0.1) is 29.9 Å². The van der Waals surface area contributed by atoms with Crippen LogP contribution in [0.15, 0.2) is 82.3 Å². The Morgan fingerprint density at radius 1 is 1.00 bits per heavy atom. The van der Waals surface area contributed by atoms with Crippen LogP contribution in [0.5, 0.6) is 0 Å². The van der Waals surface area contributed by atoms with E-state index in [9.17, 15) is 22.4 Å². The Kier molecular flexibility index (Phi) is 8.19. The lowest BCUT2D eigenvalue weighted by Gasteiger charge is -2.33. The summed E-state index contributed by atoms with van der Waals surface area (Å²) < 4.78 is 47.4. The maximum absolute atomic E-state index is 14.8. The quantitative estimate of drug-likeness (QED) is 0.457. The Bertz CT molecular complexity index is 1210. The number of furan rings is 1. The van der Waals surface area contributed by atoms with E-state index in [1.807, 2.05) is 0 Å². The van der Waals surface area contributed by atoms with Crippen LogP contribution in [0.1, 0.15) is 19.6 Å². The van der Waals surface area contributed by atoms with Gasteiger partial charge in [0.25, 0.3) is 0 Å². The van der Waals surface area contributed by atoms with Crippen molar-refractivity contribution in [3.05, 3.63) is 84.6 Å². The molecule has 1 aromatic heterocycles. The normalized spacial score (nSPS) is 12.4. The number of amides is 2. The van der Waals surface area contributed by atoms with E-state index in [4.69, 9.17) is 4.42 Å². The maximum Gasteiger partial charge on any atom is 0.243 e. The summed E-state index contributed by atoms with van der Waals surface area (Å²) in [5.41, 5.74) is -0.127. The zero-order valence-corrected chi connectivity index (χ0v) is 19.6. The van der Waals surface area contributed by atoms with E-state index in [1.54, 1.807) is 44.2 Å². The summed E-state index contributed by atoms with van der Waals surface area (Å²) >= 11 is 0. The lowest BCUT2D eigenvalue weighted by molar-refractivity contribution is -0.127. The van der Waals surface area contributed by atoms with Gasteiger partial charge < -0.3 is 9.73 Å². The van der Waals surface area contributed by atoms with Crippen LogP contribution >= 0.6 is 0 Å². The molecule has 0 radical (unpaired) electrons. The van der Waals surface area contributed by atoms with E-state index in [-0.39, 0.29) is 17.1 Å². The third-order valence-corrected chi connectivity index (χ3v) is 6.46. The van der Waals surface area contributed by atoms with Crippen LogP contribution in [0.2, 0.25) is 0 Å². The molecule has 3 aromatic rings. The van der Waals surface area contributed by atoms with E-state index in [2.05, 4.69) is 10.0 Å². The molecule has 0 spiro atoms. The SMILES string of the molecule is CC(C)C(C(=O)NCc1ccco1)N(C(=O)CNS(=O)(=O)c1ccccc1)c1ccccc1F. The average molecular weight is 488 g/mol. The second kappa shape index (κ2) is 11.1. The first kappa shape index (κ1) is 25.1. The maximum atomic E-state index is 14.8.